The van der Waals surface area contributed by atoms with E-state index < -0.39 is 0 Å². The Morgan fingerprint density at radius 2 is 2.33 bits per heavy atom. The lowest BCUT2D eigenvalue weighted by Gasteiger charge is -2.25. The van der Waals surface area contributed by atoms with Crippen molar-refractivity contribution in [1.82, 2.24) is 14.5 Å². The summed E-state index contributed by atoms with van der Waals surface area (Å²) in [4.78, 5) is 20.5. The van der Waals surface area contributed by atoms with Gasteiger partial charge in [-0.25, -0.2) is 4.98 Å². The van der Waals surface area contributed by atoms with E-state index in [0.717, 1.165) is 28.7 Å². The Morgan fingerprint density at radius 1 is 1.48 bits per heavy atom. The molecule has 108 valence electrons. The van der Waals surface area contributed by atoms with Crippen molar-refractivity contribution in [3.05, 3.63) is 34.3 Å². The van der Waals surface area contributed by atoms with E-state index in [4.69, 9.17) is 4.74 Å². The maximum atomic E-state index is 12.1. The third kappa shape index (κ3) is 1.98. The summed E-state index contributed by atoms with van der Waals surface area (Å²) in [6.07, 6.45) is 7.38. The number of hydrogen-bond acceptors (Lipinski definition) is 4. The van der Waals surface area contributed by atoms with Crippen LogP contribution in [0.2, 0.25) is 0 Å². The van der Waals surface area contributed by atoms with Gasteiger partial charge in [0.1, 0.15) is 16.5 Å². The standard InChI is InChI=1S/C15H15N3O2S/c1-18-7-11(10-5-6-16-12(10)15(18)19)13-14(17-8-21-13)20-9-3-2-4-9/h5-9,16H,2-4H2,1H3. The summed E-state index contributed by atoms with van der Waals surface area (Å²) in [5, 5.41) is 0.917. The van der Waals surface area contributed by atoms with E-state index in [-0.39, 0.29) is 5.56 Å². The highest BCUT2D eigenvalue weighted by Gasteiger charge is 2.23. The summed E-state index contributed by atoms with van der Waals surface area (Å²) in [7, 11) is 1.76. The second-order valence-corrected chi connectivity index (χ2v) is 6.24. The van der Waals surface area contributed by atoms with Crippen LogP contribution in [-0.4, -0.2) is 20.6 Å². The Labute approximate surface area is 125 Å². The molecule has 5 nitrogen and oxygen atoms in total. The third-order valence-electron chi connectivity index (χ3n) is 4.00. The van der Waals surface area contributed by atoms with Crippen LogP contribution in [0.1, 0.15) is 19.3 Å². The number of H-pyrrole nitrogens is 1. The lowest BCUT2D eigenvalue weighted by Crippen LogP contribution is -2.24. The zero-order valence-electron chi connectivity index (χ0n) is 11.6. The molecule has 0 radical (unpaired) electrons. The molecule has 0 bridgehead atoms. The van der Waals surface area contributed by atoms with E-state index in [0.29, 0.717) is 17.5 Å². The first-order chi connectivity index (χ1) is 10.2. The summed E-state index contributed by atoms with van der Waals surface area (Å²) < 4.78 is 7.57. The Kier molecular flexibility index (Phi) is 2.85. The number of fused-ring (bicyclic) bond motifs is 1. The van der Waals surface area contributed by atoms with Crippen molar-refractivity contribution in [2.24, 2.45) is 7.05 Å². The van der Waals surface area contributed by atoms with Gasteiger partial charge in [-0.15, -0.1) is 11.3 Å². The molecule has 0 amide bonds. The molecule has 0 aromatic carbocycles. The molecular formula is C15H15N3O2S. The van der Waals surface area contributed by atoms with Gasteiger partial charge in [-0.3, -0.25) is 4.79 Å². The minimum atomic E-state index is -0.0234. The molecule has 3 heterocycles. The van der Waals surface area contributed by atoms with E-state index in [1.807, 2.05) is 12.3 Å². The molecule has 3 aromatic rings. The van der Waals surface area contributed by atoms with Crippen LogP contribution in [0, 0.1) is 0 Å². The topological polar surface area (TPSA) is 59.9 Å². The van der Waals surface area contributed by atoms with Crippen molar-refractivity contribution in [3.8, 4) is 16.3 Å². The number of hydrogen-bond donors (Lipinski definition) is 1. The molecule has 1 fully saturated rings. The minimum Gasteiger partial charge on any atom is -0.473 e. The van der Waals surface area contributed by atoms with Gasteiger partial charge in [-0.05, 0) is 25.3 Å². The SMILES string of the molecule is Cn1cc(-c2scnc2OC2CCC2)c2cc[nH]c2c1=O. The lowest BCUT2D eigenvalue weighted by atomic mass is 9.96. The zero-order valence-corrected chi connectivity index (χ0v) is 12.4. The summed E-state index contributed by atoms with van der Waals surface area (Å²) in [6, 6.07) is 1.93. The molecule has 6 heteroatoms. The Morgan fingerprint density at radius 3 is 3.10 bits per heavy atom. The number of nitrogens with zero attached hydrogens (tertiary/aromatic N) is 2. The number of ether oxygens (including phenoxy) is 1. The first-order valence-corrected chi connectivity index (χ1v) is 7.89. The average molecular weight is 301 g/mol. The van der Waals surface area contributed by atoms with Crippen LogP contribution in [0.15, 0.2) is 28.8 Å². The number of rotatable bonds is 3. The van der Waals surface area contributed by atoms with E-state index in [9.17, 15) is 4.79 Å². The maximum absolute atomic E-state index is 12.1. The molecule has 0 spiro atoms. The minimum absolute atomic E-state index is 0.0234. The van der Waals surface area contributed by atoms with Gasteiger partial charge in [0.2, 0.25) is 5.88 Å². The quantitative estimate of drug-likeness (QED) is 0.809. The Hall–Kier alpha value is -2.08. The van der Waals surface area contributed by atoms with Gasteiger partial charge in [0.25, 0.3) is 5.56 Å². The van der Waals surface area contributed by atoms with Crippen LogP contribution < -0.4 is 10.3 Å². The second-order valence-electron chi connectivity index (χ2n) is 5.38. The van der Waals surface area contributed by atoms with Crippen LogP contribution in [0.5, 0.6) is 5.88 Å². The largest absolute Gasteiger partial charge is 0.473 e. The van der Waals surface area contributed by atoms with E-state index in [2.05, 4.69) is 9.97 Å². The van der Waals surface area contributed by atoms with Crippen LogP contribution in [0.4, 0.5) is 0 Å². The van der Waals surface area contributed by atoms with Crippen molar-refractivity contribution in [3.63, 3.8) is 0 Å². The first-order valence-electron chi connectivity index (χ1n) is 7.01. The molecule has 21 heavy (non-hydrogen) atoms. The summed E-state index contributed by atoms with van der Waals surface area (Å²) in [5.41, 5.74) is 3.39. The number of nitrogens with one attached hydrogen (secondary N) is 1. The van der Waals surface area contributed by atoms with E-state index in [1.54, 1.807) is 34.7 Å². The van der Waals surface area contributed by atoms with Gasteiger partial charge in [0.05, 0.1) is 5.51 Å². The van der Waals surface area contributed by atoms with Gasteiger partial charge >= 0.3 is 0 Å². The number of aromatic nitrogens is 3. The maximum Gasteiger partial charge on any atom is 0.274 e. The Bertz CT molecular complexity index is 857. The van der Waals surface area contributed by atoms with Gasteiger partial charge in [0.15, 0.2) is 0 Å². The van der Waals surface area contributed by atoms with E-state index >= 15 is 0 Å². The van der Waals surface area contributed by atoms with Gasteiger partial charge in [-0.2, -0.15) is 0 Å². The summed E-state index contributed by atoms with van der Waals surface area (Å²) >= 11 is 1.55. The molecule has 1 N–H and O–H groups in total. The van der Waals surface area contributed by atoms with Crippen molar-refractivity contribution in [2.75, 3.05) is 0 Å². The highest BCUT2D eigenvalue weighted by Crippen LogP contribution is 2.38. The predicted octanol–water partition coefficient (Wildman–Crippen LogP) is 2.92. The highest BCUT2D eigenvalue weighted by molar-refractivity contribution is 7.13. The lowest BCUT2D eigenvalue weighted by molar-refractivity contribution is 0.116. The predicted molar refractivity (Wildman–Crippen MR) is 82.9 cm³/mol. The van der Waals surface area contributed by atoms with Crippen molar-refractivity contribution < 1.29 is 4.74 Å². The number of thiazole rings is 1. The van der Waals surface area contributed by atoms with E-state index in [1.165, 1.54) is 6.42 Å². The molecule has 4 rings (SSSR count). The fraction of sp³-hybridized carbons (Fsp3) is 0.333. The average Bonchev–Trinajstić information content (AvgIpc) is 3.07. The van der Waals surface area contributed by atoms with Gasteiger partial charge < -0.3 is 14.3 Å². The summed E-state index contributed by atoms with van der Waals surface area (Å²) in [6.45, 7) is 0. The van der Waals surface area contributed by atoms with Gasteiger partial charge in [0, 0.05) is 30.4 Å². The fourth-order valence-electron chi connectivity index (χ4n) is 2.60. The molecule has 0 aliphatic heterocycles. The number of pyridine rings is 1. The monoisotopic (exact) mass is 301 g/mol. The van der Waals surface area contributed by atoms with Crippen LogP contribution in [0.25, 0.3) is 21.3 Å². The molecule has 3 aromatic heterocycles. The smallest absolute Gasteiger partial charge is 0.274 e. The molecule has 0 unspecified atom stereocenters. The number of aryl methyl sites for hydroxylation is 1. The second kappa shape index (κ2) is 4.73. The van der Waals surface area contributed by atoms with Crippen LogP contribution in [0.3, 0.4) is 0 Å². The van der Waals surface area contributed by atoms with Crippen molar-refractivity contribution in [1.29, 1.82) is 0 Å². The summed E-state index contributed by atoms with van der Waals surface area (Å²) in [5.74, 6) is 0.686. The third-order valence-corrected chi connectivity index (χ3v) is 4.85. The number of aromatic amines is 1. The normalized spacial score (nSPS) is 15.3. The molecule has 1 aliphatic rings. The fourth-order valence-corrected chi connectivity index (χ4v) is 3.34. The van der Waals surface area contributed by atoms with Crippen LogP contribution in [-0.2, 0) is 7.05 Å². The van der Waals surface area contributed by atoms with Crippen LogP contribution >= 0.6 is 11.3 Å². The highest BCUT2D eigenvalue weighted by atomic mass is 32.1. The first kappa shape index (κ1) is 12.6. The molecule has 0 atom stereocenters. The zero-order chi connectivity index (χ0) is 14.4. The van der Waals surface area contributed by atoms with Crippen molar-refractivity contribution in [2.45, 2.75) is 25.4 Å². The molecular weight excluding hydrogens is 286 g/mol. The van der Waals surface area contributed by atoms with Crippen molar-refractivity contribution >= 4 is 22.2 Å². The Balaban J connectivity index is 1.87. The van der Waals surface area contributed by atoms with Gasteiger partial charge in [-0.1, -0.05) is 0 Å². The molecule has 1 saturated carbocycles. The molecule has 1 aliphatic carbocycles. The molecule has 0 saturated heterocycles.